The molecular weight excluding hydrogens is 448 g/mol. The van der Waals surface area contributed by atoms with Crippen molar-refractivity contribution >= 4 is 27.5 Å². The molecule has 2 aliphatic rings. The Bertz CT molecular complexity index is 1300. The number of fused-ring (bicyclic) bond motifs is 1. The van der Waals surface area contributed by atoms with Crippen LogP contribution in [0, 0.1) is 5.92 Å². The number of para-hydroxylation sites is 1. The number of piperidine rings is 1. The molecule has 174 valence electrons. The summed E-state index contributed by atoms with van der Waals surface area (Å²) in [6.07, 6.45) is 1.25. The van der Waals surface area contributed by atoms with Gasteiger partial charge in [-0.15, -0.1) is 4.40 Å². The fraction of sp³-hybridized carbons (Fsp3) is 0.231. The third-order valence-corrected chi connectivity index (χ3v) is 7.60. The van der Waals surface area contributed by atoms with Gasteiger partial charge in [0.15, 0.2) is 5.84 Å². The number of hydrazine groups is 1. The molecule has 1 N–H and O–H groups in total. The third-order valence-electron chi connectivity index (χ3n) is 6.27. The summed E-state index contributed by atoms with van der Waals surface area (Å²) in [4.78, 5) is 15.4. The van der Waals surface area contributed by atoms with Crippen LogP contribution < -0.4 is 10.4 Å². The molecule has 5 rings (SSSR count). The number of anilines is 1. The molecule has 34 heavy (non-hydrogen) atoms. The molecule has 3 aromatic carbocycles. The van der Waals surface area contributed by atoms with Crippen LogP contribution in [0.3, 0.4) is 0 Å². The molecule has 8 heteroatoms. The first-order valence-corrected chi connectivity index (χ1v) is 12.8. The zero-order valence-corrected chi connectivity index (χ0v) is 19.5. The molecule has 0 bridgehead atoms. The van der Waals surface area contributed by atoms with Crippen LogP contribution in [-0.2, 0) is 21.4 Å². The van der Waals surface area contributed by atoms with Gasteiger partial charge in [-0.2, -0.15) is 8.42 Å². The fourth-order valence-corrected chi connectivity index (χ4v) is 5.69. The molecule has 1 saturated heterocycles. The van der Waals surface area contributed by atoms with Crippen molar-refractivity contribution in [3.05, 3.63) is 96.1 Å². The third kappa shape index (κ3) is 4.54. The summed E-state index contributed by atoms with van der Waals surface area (Å²) in [5.74, 6) is 0.303. The maximum Gasteiger partial charge on any atom is 0.285 e. The molecule has 0 atom stereocenters. The van der Waals surface area contributed by atoms with Crippen molar-refractivity contribution in [2.45, 2.75) is 24.3 Å². The second-order valence-electron chi connectivity index (χ2n) is 8.53. The Kier molecular flexibility index (Phi) is 6.06. The van der Waals surface area contributed by atoms with E-state index in [1.807, 2.05) is 76.6 Å². The maximum absolute atomic E-state index is 13.2. The topological polar surface area (TPSA) is 82.1 Å². The van der Waals surface area contributed by atoms with E-state index in [0.717, 1.165) is 11.3 Å². The standard InChI is InChI=1S/C26H26N4O3S/c31-26(27-30(22-11-5-2-6-12-22)19-20-9-3-1-4-10-20)21-15-17-29(18-16-21)25-23-13-7-8-14-24(23)34(32,33)28-25/h1-14,21H,15-19H2,(H,27,31). The van der Waals surface area contributed by atoms with Crippen molar-refractivity contribution in [3.8, 4) is 0 Å². The molecule has 3 aromatic rings. The van der Waals surface area contributed by atoms with Gasteiger partial charge in [0.2, 0.25) is 5.91 Å². The van der Waals surface area contributed by atoms with E-state index in [1.165, 1.54) is 0 Å². The summed E-state index contributed by atoms with van der Waals surface area (Å²) in [6.45, 7) is 1.70. The van der Waals surface area contributed by atoms with Gasteiger partial charge in [-0.05, 0) is 42.7 Å². The minimum absolute atomic E-state index is 0.0270. The van der Waals surface area contributed by atoms with E-state index in [-0.39, 0.29) is 16.7 Å². The van der Waals surface area contributed by atoms with Gasteiger partial charge < -0.3 is 4.90 Å². The SMILES string of the molecule is O=C(NN(Cc1ccccc1)c1ccccc1)C1CCN(C2=NS(=O)(=O)c3ccccc32)CC1. The monoisotopic (exact) mass is 474 g/mol. The number of sulfonamides is 1. The van der Waals surface area contributed by atoms with Gasteiger partial charge in [0.05, 0.1) is 12.2 Å². The van der Waals surface area contributed by atoms with Gasteiger partial charge in [0, 0.05) is 24.6 Å². The van der Waals surface area contributed by atoms with E-state index in [1.54, 1.807) is 18.2 Å². The number of nitrogens with zero attached hydrogens (tertiary/aromatic N) is 3. The maximum atomic E-state index is 13.2. The van der Waals surface area contributed by atoms with E-state index >= 15 is 0 Å². The lowest BCUT2D eigenvalue weighted by Crippen LogP contribution is -2.48. The summed E-state index contributed by atoms with van der Waals surface area (Å²) in [5, 5.41) is 1.88. The Morgan fingerprint density at radius 1 is 0.912 bits per heavy atom. The number of hydrogen-bond acceptors (Lipinski definition) is 5. The lowest BCUT2D eigenvalue weighted by molar-refractivity contribution is -0.126. The van der Waals surface area contributed by atoms with E-state index in [2.05, 4.69) is 9.82 Å². The number of amides is 1. The zero-order chi connectivity index (χ0) is 23.5. The van der Waals surface area contributed by atoms with Gasteiger partial charge in [0.1, 0.15) is 4.90 Å². The van der Waals surface area contributed by atoms with Gasteiger partial charge in [-0.25, -0.2) is 0 Å². The Morgan fingerprint density at radius 3 is 2.24 bits per heavy atom. The number of carbonyl (C=O) groups is 1. The number of likely N-dealkylation sites (tertiary alicyclic amines) is 1. The number of carbonyl (C=O) groups excluding carboxylic acids is 1. The molecule has 0 unspecified atom stereocenters. The predicted molar refractivity (Wildman–Crippen MR) is 132 cm³/mol. The van der Waals surface area contributed by atoms with E-state index < -0.39 is 10.0 Å². The summed E-state index contributed by atoms with van der Waals surface area (Å²) in [6, 6.07) is 26.7. The molecule has 0 aromatic heterocycles. The molecule has 1 fully saturated rings. The normalized spacial score (nSPS) is 17.1. The predicted octanol–water partition coefficient (Wildman–Crippen LogP) is 3.59. The highest BCUT2D eigenvalue weighted by molar-refractivity contribution is 7.90. The van der Waals surface area contributed by atoms with Gasteiger partial charge in [-0.1, -0.05) is 60.7 Å². The average Bonchev–Trinajstić information content (AvgIpc) is 3.16. The Hall–Kier alpha value is -3.65. The minimum Gasteiger partial charge on any atom is -0.355 e. The number of benzene rings is 3. The van der Waals surface area contributed by atoms with E-state index in [4.69, 9.17) is 0 Å². The molecular formula is C26H26N4O3S. The summed E-state index contributed by atoms with van der Waals surface area (Å²) >= 11 is 0. The quantitative estimate of drug-likeness (QED) is 0.572. The Morgan fingerprint density at radius 2 is 1.53 bits per heavy atom. The van der Waals surface area contributed by atoms with E-state index in [0.29, 0.717) is 43.9 Å². The van der Waals surface area contributed by atoms with Crippen molar-refractivity contribution in [1.82, 2.24) is 10.3 Å². The van der Waals surface area contributed by atoms with Crippen molar-refractivity contribution in [2.24, 2.45) is 10.3 Å². The van der Waals surface area contributed by atoms with Crippen molar-refractivity contribution in [1.29, 1.82) is 0 Å². The average molecular weight is 475 g/mol. The Balaban J connectivity index is 1.26. The lowest BCUT2D eigenvalue weighted by Gasteiger charge is -2.34. The smallest absolute Gasteiger partial charge is 0.285 e. The van der Waals surface area contributed by atoms with Crippen LogP contribution >= 0.6 is 0 Å². The van der Waals surface area contributed by atoms with Gasteiger partial charge in [-0.3, -0.25) is 15.2 Å². The first kappa shape index (κ1) is 22.2. The highest BCUT2D eigenvalue weighted by atomic mass is 32.2. The van der Waals surface area contributed by atoms with Crippen LogP contribution in [0.4, 0.5) is 5.69 Å². The summed E-state index contributed by atoms with van der Waals surface area (Å²) in [7, 11) is -3.65. The first-order valence-electron chi connectivity index (χ1n) is 11.4. The Labute approximate surface area is 199 Å². The molecule has 2 heterocycles. The van der Waals surface area contributed by atoms with Crippen LogP contribution in [0.1, 0.15) is 24.0 Å². The molecule has 1 amide bonds. The van der Waals surface area contributed by atoms with Crippen molar-refractivity contribution in [3.63, 3.8) is 0 Å². The van der Waals surface area contributed by atoms with Crippen molar-refractivity contribution < 1.29 is 13.2 Å². The molecule has 2 aliphatic heterocycles. The number of rotatable bonds is 5. The molecule has 0 aliphatic carbocycles. The fourth-order valence-electron chi connectivity index (χ4n) is 4.46. The second-order valence-corrected chi connectivity index (χ2v) is 10.1. The summed E-state index contributed by atoms with van der Waals surface area (Å²) in [5.41, 5.74) is 5.77. The van der Waals surface area contributed by atoms with Gasteiger partial charge >= 0.3 is 0 Å². The van der Waals surface area contributed by atoms with Crippen molar-refractivity contribution in [2.75, 3.05) is 18.1 Å². The highest BCUT2D eigenvalue weighted by Crippen LogP contribution is 2.30. The van der Waals surface area contributed by atoms with Crippen LogP contribution in [0.2, 0.25) is 0 Å². The number of nitrogens with one attached hydrogen (secondary N) is 1. The van der Waals surface area contributed by atoms with Crippen LogP contribution in [-0.4, -0.2) is 38.2 Å². The largest absolute Gasteiger partial charge is 0.355 e. The molecule has 0 radical (unpaired) electrons. The van der Waals surface area contributed by atoms with E-state index in [9.17, 15) is 13.2 Å². The number of hydrogen-bond donors (Lipinski definition) is 1. The van der Waals surface area contributed by atoms with Crippen LogP contribution in [0.5, 0.6) is 0 Å². The highest BCUT2D eigenvalue weighted by Gasteiger charge is 2.34. The lowest BCUT2D eigenvalue weighted by atomic mass is 9.95. The second kappa shape index (κ2) is 9.30. The van der Waals surface area contributed by atoms with Crippen LogP contribution in [0.15, 0.2) is 94.2 Å². The zero-order valence-electron chi connectivity index (χ0n) is 18.7. The first-order chi connectivity index (χ1) is 16.5. The minimum atomic E-state index is -3.65. The molecule has 0 spiro atoms. The molecule has 7 nitrogen and oxygen atoms in total. The summed E-state index contributed by atoms with van der Waals surface area (Å²) < 4.78 is 28.8. The van der Waals surface area contributed by atoms with Crippen LogP contribution in [0.25, 0.3) is 0 Å². The number of amidine groups is 1. The molecule has 0 saturated carbocycles. The van der Waals surface area contributed by atoms with Gasteiger partial charge in [0.25, 0.3) is 10.0 Å².